The second kappa shape index (κ2) is 6.40. The lowest BCUT2D eigenvalue weighted by Gasteiger charge is -2.15. The summed E-state index contributed by atoms with van der Waals surface area (Å²) in [5, 5.41) is 2.59. The Morgan fingerprint density at radius 3 is 2.50 bits per heavy atom. The maximum Gasteiger partial charge on any atom is 0.188 e. The predicted octanol–water partition coefficient (Wildman–Crippen LogP) is 6.07. The molecule has 2 aromatic heterocycles. The summed E-state index contributed by atoms with van der Waals surface area (Å²) in [6.07, 6.45) is 0.671. The Morgan fingerprint density at radius 2 is 1.73 bits per heavy atom. The molecule has 2 aromatic carbocycles. The highest BCUT2D eigenvalue weighted by Crippen LogP contribution is 2.34. The Bertz CT molecular complexity index is 1180. The summed E-state index contributed by atoms with van der Waals surface area (Å²) in [6.45, 7) is 8.17. The van der Waals surface area contributed by atoms with Crippen LogP contribution in [-0.2, 0) is 6.42 Å². The van der Waals surface area contributed by atoms with E-state index in [-0.39, 0.29) is 5.43 Å². The molecule has 0 saturated carbocycles. The fraction of sp³-hybridized carbons (Fsp3) is 0.261. The van der Waals surface area contributed by atoms with Gasteiger partial charge in [-0.05, 0) is 43.5 Å². The molecule has 0 aliphatic heterocycles. The monoisotopic (exact) mass is 361 g/mol. The molecule has 0 saturated heterocycles. The average molecular weight is 362 g/mol. The Labute approximate surface area is 157 Å². The van der Waals surface area contributed by atoms with Crippen LogP contribution in [0, 0.1) is 13.8 Å². The van der Waals surface area contributed by atoms with Gasteiger partial charge in [-0.2, -0.15) is 0 Å². The summed E-state index contributed by atoms with van der Waals surface area (Å²) in [6, 6.07) is 15.1. The average Bonchev–Trinajstić information content (AvgIpc) is 3.00. The minimum atomic E-state index is 0.181. The normalized spacial score (nSPS) is 11.7. The lowest BCUT2D eigenvalue weighted by atomic mass is 9.94. The van der Waals surface area contributed by atoms with Crippen molar-refractivity contribution in [2.45, 2.75) is 40.0 Å². The van der Waals surface area contributed by atoms with E-state index in [9.17, 15) is 4.79 Å². The number of nitrogens with one attached hydrogen (secondary N) is 1. The van der Waals surface area contributed by atoms with Crippen LogP contribution in [0.1, 0.15) is 47.8 Å². The van der Waals surface area contributed by atoms with E-state index in [0.717, 1.165) is 22.5 Å². The van der Waals surface area contributed by atoms with Crippen LogP contribution in [0.2, 0.25) is 0 Å². The number of benzene rings is 2. The minimum absolute atomic E-state index is 0.181. The van der Waals surface area contributed by atoms with Gasteiger partial charge in [0.15, 0.2) is 5.43 Å². The van der Waals surface area contributed by atoms with Crippen LogP contribution >= 0.6 is 11.3 Å². The van der Waals surface area contributed by atoms with Gasteiger partial charge in [-0.3, -0.25) is 4.79 Å². The third-order valence-electron chi connectivity index (χ3n) is 5.22. The van der Waals surface area contributed by atoms with Crippen molar-refractivity contribution in [3.8, 4) is 0 Å². The van der Waals surface area contributed by atoms with Crippen LogP contribution in [0.15, 0.2) is 47.3 Å². The van der Waals surface area contributed by atoms with Gasteiger partial charge in [-0.1, -0.05) is 38.1 Å². The quantitative estimate of drug-likeness (QED) is 0.472. The first kappa shape index (κ1) is 17.0. The van der Waals surface area contributed by atoms with E-state index in [1.165, 1.54) is 25.7 Å². The first-order valence-corrected chi connectivity index (χ1v) is 9.89. The number of pyridine rings is 1. The predicted molar refractivity (Wildman–Crippen MR) is 113 cm³/mol. The van der Waals surface area contributed by atoms with E-state index in [2.05, 4.69) is 61.3 Å². The van der Waals surface area contributed by atoms with Gasteiger partial charge < -0.3 is 4.98 Å². The first-order valence-electron chi connectivity index (χ1n) is 9.08. The molecule has 1 N–H and O–H groups in total. The van der Waals surface area contributed by atoms with Crippen molar-refractivity contribution < 1.29 is 0 Å². The van der Waals surface area contributed by atoms with Crippen LogP contribution in [0.25, 0.3) is 20.2 Å². The Hall–Kier alpha value is -2.39. The molecule has 0 amide bonds. The van der Waals surface area contributed by atoms with Gasteiger partial charge in [0.1, 0.15) is 0 Å². The summed E-state index contributed by atoms with van der Waals surface area (Å²) in [7, 11) is 0. The third kappa shape index (κ3) is 2.77. The van der Waals surface area contributed by atoms with Gasteiger partial charge in [-0.25, -0.2) is 0 Å². The van der Waals surface area contributed by atoms with Crippen LogP contribution in [0.3, 0.4) is 0 Å². The topological polar surface area (TPSA) is 32.9 Å². The van der Waals surface area contributed by atoms with E-state index in [4.69, 9.17) is 0 Å². The lowest BCUT2D eigenvalue weighted by molar-refractivity contribution is 0.788. The van der Waals surface area contributed by atoms with Crippen molar-refractivity contribution >= 4 is 31.5 Å². The number of hydrogen-bond acceptors (Lipinski definition) is 2. The highest BCUT2D eigenvalue weighted by Gasteiger charge is 2.16. The molecule has 4 aromatic rings. The van der Waals surface area contributed by atoms with E-state index < -0.39 is 0 Å². The molecule has 0 radical (unpaired) electrons. The summed E-state index contributed by atoms with van der Waals surface area (Å²) < 4.78 is 2.61. The number of rotatable bonds is 3. The second-order valence-electron chi connectivity index (χ2n) is 7.36. The number of aromatic nitrogens is 1. The van der Waals surface area contributed by atoms with Crippen molar-refractivity contribution in [1.82, 2.24) is 4.98 Å². The van der Waals surface area contributed by atoms with Crippen molar-refractivity contribution in [3.05, 3.63) is 80.8 Å². The smallest absolute Gasteiger partial charge is 0.188 e. The van der Waals surface area contributed by atoms with Gasteiger partial charge in [0.25, 0.3) is 0 Å². The van der Waals surface area contributed by atoms with E-state index in [1.807, 2.05) is 25.2 Å². The largest absolute Gasteiger partial charge is 0.362 e. The number of hydrogen-bond donors (Lipinski definition) is 1. The lowest BCUT2D eigenvalue weighted by Crippen LogP contribution is -2.20. The highest BCUT2D eigenvalue weighted by molar-refractivity contribution is 7.25. The maximum atomic E-state index is 12.9. The second-order valence-corrected chi connectivity index (χ2v) is 8.44. The molecule has 0 bridgehead atoms. The number of aromatic amines is 1. The molecule has 0 fully saturated rings. The molecule has 3 heteroatoms. The van der Waals surface area contributed by atoms with Crippen LogP contribution < -0.4 is 5.43 Å². The first-order chi connectivity index (χ1) is 12.5. The van der Waals surface area contributed by atoms with E-state index in [0.29, 0.717) is 12.3 Å². The Morgan fingerprint density at radius 1 is 1.00 bits per heavy atom. The zero-order valence-electron chi connectivity index (χ0n) is 15.6. The van der Waals surface area contributed by atoms with Crippen LogP contribution in [0.4, 0.5) is 0 Å². The Balaban J connectivity index is 1.86. The van der Waals surface area contributed by atoms with Crippen molar-refractivity contribution in [2.75, 3.05) is 0 Å². The van der Waals surface area contributed by atoms with Crippen molar-refractivity contribution in [3.63, 3.8) is 0 Å². The number of thiophene rings is 1. The summed E-state index contributed by atoms with van der Waals surface area (Å²) in [4.78, 5) is 16.4. The molecule has 2 heterocycles. The molecule has 0 aliphatic rings. The van der Waals surface area contributed by atoms with Crippen molar-refractivity contribution in [1.29, 1.82) is 0 Å². The summed E-state index contributed by atoms with van der Waals surface area (Å²) in [5.74, 6) is 0.294. The van der Waals surface area contributed by atoms with E-state index in [1.54, 1.807) is 0 Å². The van der Waals surface area contributed by atoms with E-state index >= 15 is 0 Å². The number of fused-ring (bicyclic) bond motifs is 3. The third-order valence-corrected chi connectivity index (χ3v) is 6.38. The SMILES string of the molecule is Cc1[nH]c(C(C)C)c(Cc2ccc3sc4ccccc4c3c2)c(=O)c1C. The molecule has 0 aliphatic carbocycles. The molecule has 26 heavy (non-hydrogen) atoms. The molecule has 2 nitrogen and oxygen atoms in total. The molecule has 0 unspecified atom stereocenters. The fourth-order valence-electron chi connectivity index (χ4n) is 3.65. The molecular formula is C23H23NOS. The highest BCUT2D eigenvalue weighted by atomic mass is 32.1. The van der Waals surface area contributed by atoms with Crippen LogP contribution in [0.5, 0.6) is 0 Å². The summed E-state index contributed by atoms with van der Waals surface area (Å²) in [5.41, 5.74) is 5.14. The van der Waals surface area contributed by atoms with Gasteiger partial charge in [0, 0.05) is 49.1 Å². The molecule has 4 rings (SSSR count). The van der Waals surface area contributed by atoms with Gasteiger partial charge in [-0.15, -0.1) is 11.3 Å². The molecule has 0 spiro atoms. The zero-order chi connectivity index (χ0) is 18.4. The number of H-pyrrole nitrogens is 1. The molecule has 132 valence electrons. The summed E-state index contributed by atoms with van der Waals surface area (Å²) >= 11 is 1.82. The zero-order valence-corrected chi connectivity index (χ0v) is 16.5. The minimum Gasteiger partial charge on any atom is -0.362 e. The standard InChI is InChI=1S/C23H23NOS/c1-13(2)22-19(23(25)14(3)15(4)24-22)12-16-9-10-21-18(11-16)17-7-5-6-8-20(17)26-21/h5-11,13H,12H2,1-4H3,(H,24,25). The molecule has 0 atom stereocenters. The van der Waals surface area contributed by atoms with Gasteiger partial charge in [0.2, 0.25) is 0 Å². The van der Waals surface area contributed by atoms with Gasteiger partial charge >= 0.3 is 0 Å². The Kier molecular flexibility index (Phi) is 4.20. The maximum absolute atomic E-state index is 12.9. The van der Waals surface area contributed by atoms with Gasteiger partial charge in [0.05, 0.1) is 0 Å². The van der Waals surface area contributed by atoms with Crippen LogP contribution in [-0.4, -0.2) is 4.98 Å². The fourth-order valence-corrected chi connectivity index (χ4v) is 4.73. The molecular weight excluding hydrogens is 338 g/mol. The number of aryl methyl sites for hydroxylation is 1. The van der Waals surface area contributed by atoms with Crippen molar-refractivity contribution in [2.24, 2.45) is 0 Å².